The number of halogens is 3. The van der Waals surface area contributed by atoms with Crippen LogP contribution in [0, 0.1) is 6.92 Å². The number of hydrogen-bond donors (Lipinski definition) is 0. The number of amides is 1. The van der Waals surface area contributed by atoms with E-state index in [0.717, 1.165) is 10.3 Å². The van der Waals surface area contributed by atoms with Crippen LogP contribution < -0.4 is 4.74 Å². The molecule has 3 aromatic heterocycles. The first-order valence-electron chi connectivity index (χ1n) is 11.9. The van der Waals surface area contributed by atoms with Crippen molar-refractivity contribution in [3.05, 3.63) is 71.4 Å². The van der Waals surface area contributed by atoms with Crippen LogP contribution in [0.25, 0.3) is 16.9 Å². The van der Waals surface area contributed by atoms with E-state index in [-0.39, 0.29) is 28.5 Å². The predicted octanol–water partition coefficient (Wildman–Crippen LogP) is 4.84. The van der Waals surface area contributed by atoms with Crippen LogP contribution in [0.1, 0.15) is 40.3 Å². The second kappa shape index (κ2) is 9.55. The summed E-state index contributed by atoms with van der Waals surface area (Å²) in [6, 6.07) is 10.4. The summed E-state index contributed by atoms with van der Waals surface area (Å²) >= 11 is 0. The number of hydrogen-bond acceptors (Lipinski definition) is 6. The number of rotatable bonds is 5. The summed E-state index contributed by atoms with van der Waals surface area (Å²) in [4.78, 5) is 21.8. The van der Waals surface area contributed by atoms with Crippen molar-refractivity contribution in [1.82, 2.24) is 24.4 Å². The zero-order chi connectivity index (χ0) is 26.3. The topological polar surface area (TPSA) is 76.1 Å². The Hall–Kier alpha value is -3.86. The molecule has 4 aromatic rings. The standard InChI is InChI=1S/C26H26F3N5O3/c1-16-22(18-6-8-19(36-3)9-7-18)31-24-20(15-30-34(24)23(16)26(27,28)29)25(35)33-12-10-32(11-13-33)17(2)21-5-4-14-37-21/h4-9,14-15,17H,10-13H2,1-3H3/t17-/m0/s1. The van der Waals surface area contributed by atoms with Crippen LogP contribution in [-0.2, 0) is 6.18 Å². The van der Waals surface area contributed by atoms with E-state index in [0.29, 0.717) is 37.5 Å². The van der Waals surface area contributed by atoms with Crippen molar-refractivity contribution in [2.45, 2.75) is 26.1 Å². The van der Waals surface area contributed by atoms with Gasteiger partial charge in [-0.2, -0.15) is 18.3 Å². The molecule has 8 nitrogen and oxygen atoms in total. The van der Waals surface area contributed by atoms with Crippen LogP contribution in [-0.4, -0.2) is 63.6 Å². The number of fused-ring (bicyclic) bond motifs is 1. The number of aromatic nitrogens is 3. The lowest BCUT2D eigenvalue weighted by Gasteiger charge is -2.37. The molecule has 1 fully saturated rings. The lowest BCUT2D eigenvalue weighted by molar-refractivity contribution is -0.143. The monoisotopic (exact) mass is 513 g/mol. The predicted molar refractivity (Wildman–Crippen MR) is 129 cm³/mol. The van der Waals surface area contributed by atoms with Crippen LogP contribution in [0.15, 0.2) is 53.3 Å². The third kappa shape index (κ3) is 4.55. The molecule has 0 unspecified atom stereocenters. The molecule has 0 N–H and O–H groups in total. The summed E-state index contributed by atoms with van der Waals surface area (Å²) in [5.74, 6) is 1.01. The van der Waals surface area contributed by atoms with Crippen LogP contribution in [0.2, 0.25) is 0 Å². The van der Waals surface area contributed by atoms with Gasteiger partial charge < -0.3 is 14.1 Å². The van der Waals surface area contributed by atoms with E-state index in [9.17, 15) is 18.0 Å². The molecule has 5 rings (SSSR count). The summed E-state index contributed by atoms with van der Waals surface area (Å²) in [6.07, 6.45) is -1.90. The van der Waals surface area contributed by atoms with Crippen molar-refractivity contribution in [1.29, 1.82) is 0 Å². The van der Waals surface area contributed by atoms with Crippen molar-refractivity contribution in [2.24, 2.45) is 0 Å². The smallest absolute Gasteiger partial charge is 0.433 e. The second-order valence-corrected chi connectivity index (χ2v) is 8.97. The van der Waals surface area contributed by atoms with E-state index >= 15 is 0 Å². The first-order valence-corrected chi connectivity index (χ1v) is 11.9. The fourth-order valence-corrected chi connectivity index (χ4v) is 4.78. The summed E-state index contributed by atoms with van der Waals surface area (Å²) in [5, 5.41) is 3.94. The minimum absolute atomic E-state index is 0.0350. The SMILES string of the molecule is COc1ccc(-c2nc3c(C(=O)N4CCN([C@@H](C)c5ccco5)CC4)cnn3c(C(F)(F)F)c2C)cc1. The highest BCUT2D eigenvalue weighted by Crippen LogP contribution is 2.37. The van der Waals surface area contributed by atoms with Crippen molar-refractivity contribution in [2.75, 3.05) is 33.3 Å². The molecule has 11 heteroatoms. The summed E-state index contributed by atoms with van der Waals surface area (Å²) in [5.41, 5.74) is -0.513. The van der Waals surface area contributed by atoms with Gasteiger partial charge in [0.2, 0.25) is 0 Å². The lowest BCUT2D eigenvalue weighted by atomic mass is 10.0. The Balaban J connectivity index is 1.48. The molecular formula is C26H26F3N5O3. The second-order valence-electron chi connectivity index (χ2n) is 8.97. The summed E-state index contributed by atoms with van der Waals surface area (Å²) in [6.45, 7) is 5.44. The van der Waals surface area contributed by atoms with Gasteiger partial charge in [-0.1, -0.05) is 0 Å². The molecule has 1 amide bonds. The summed E-state index contributed by atoms with van der Waals surface area (Å²) in [7, 11) is 1.51. The van der Waals surface area contributed by atoms with Crippen LogP contribution in [0.4, 0.5) is 13.2 Å². The fourth-order valence-electron chi connectivity index (χ4n) is 4.78. The maximum Gasteiger partial charge on any atom is 0.433 e. The number of furan rings is 1. The van der Waals surface area contributed by atoms with Gasteiger partial charge in [-0.05, 0) is 50.2 Å². The highest BCUT2D eigenvalue weighted by Gasteiger charge is 2.39. The number of piperazine rings is 1. The third-order valence-corrected chi connectivity index (χ3v) is 6.85. The number of carbonyl (C=O) groups is 1. The van der Waals surface area contributed by atoms with Crippen molar-refractivity contribution in [3.63, 3.8) is 0 Å². The van der Waals surface area contributed by atoms with Gasteiger partial charge in [0.05, 0.1) is 31.3 Å². The van der Waals surface area contributed by atoms with Crippen LogP contribution in [0.3, 0.4) is 0 Å². The number of nitrogens with zero attached hydrogens (tertiary/aromatic N) is 5. The average Bonchev–Trinajstić information content (AvgIpc) is 3.57. The van der Waals surface area contributed by atoms with Gasteiger partial charge in [0.1, 0.15) is 17.1 Å². The van der Waals surface area contributed by atoms with Crippen LogP contribution >= 0.6 is 0 Å². The molecule has 0 spiro atoms. The van der Waals surface area contributed by atoms with E-state index in [1.807, 2.05) is 19.1 Å². The Morgan fingerprint density at radius 2 is 1.81 bits per heavy atom. The first kappa shape index (κ1) is 24.8. The number of alkyl halides is 3. The number of benzene rings is 1. The molecule has 0 radical (unpaired) electrons. The Morgan fingerprint density at radius 3 is 2.41 bits per heavy atom. The molecule has 1 aromatic carbocycles. The van der Waals surface area contributed by atoms with E-state index in [1.165, 1.54) is 20.2 Å². The molecule has 37 heavy (non-hydrogen) atoms. The van der Waals surface area contributed by atoms with E-state index in [1.54, 1.807) is 35.4 Å². The first-order chi connectivity index (χ1) is 17.7. The minimum Gasteiger partial charge on any atom is -0.497 e. The Bertz CT molecular complexity index is 1410. The molecule has 1 atom stereocenters. The molecule has 0 bridgehead atoms. The van der Waals surface area contributed by atoms with Gasteiger partial charge in [0.25, 0.3) is 5.91 Å². The quantitative estimate of drug-likeness (QED) is 0.380. The van der Waals surface area contributed by atoms with Gasteiger partial charge in [-0.15, -0.1) is 0 Å². The number of ether oxygens (including phenoxy) is 1. The molecule has 4 heterocycles. The molecule has 194 valence electrons. The third-order valence-electron chi connectivity index (χ3n) is 6.85. The van der Waals surface area contributed by atoms with Gasteiger partial charge in [-0.3, -0.25) is 9.69 Å². The molecule has 1 aliphatic heterocycles. The maximum atomic E-state index is 14.2. The van der Waals surface area contributed by atoms with Crippen molar-refractivity contribution >= 4 is 11.6 Å². The van der Waals surface area contributed by atoms with Gasteiger partial charge in [0, 0.05) is 37.3 Å². The zero-order valence-electron chi connectivity index (χ0n) is 20.6. The largest absolute Gasteiger partial charge is 0.497 e. The number of methoxy groups -OCH3 is 1. The molecular weight excluding hydrogens is 487 g/mol. The summed E-state index contributed by atoms with van der Waals surface area (Å²) < 4.78 is 53.9. The highest BCUT2D eigenvalue weighted by atomic mass is 19.4. The van der Waals surface area contributed by atoms with Gasteiger partial charge >= 0.3 is 6.18 Å². The van der Waals surface area contributed by atoms with Crippen molar-refractivity contribution in [3.8, 4) is 17.0 Å². The van der Waals surface area contributed by atoms with Crippen molar-refractivity contribution < 1.29 is 27.1 Å². The van der Waals surface area contributed by atoms with Gasteiger partial charge in [0.15, 0.2) is 11.3 Å². The van der Waals surface area contributed by atoms with E-state index < -0.39 is 17.8 Å². The van der Waals surface area contributed by atoms with Crippen LogP contribution in [0.5, 0.6) is 5.75 Å². The lowest BCUT2D eigenvalue weighted by Crippen LogP contribution is -2.49. The molecule has 0 saturated carbocycles. The molecule has 1 saturated heterocycles. The average molecular weight is 514 g/mol. The Labute approximate surface area is 211 Å². The maximum absolute atomic E-state index is 14.2. The van der Waals surface area contributed by atoms with E-state index in [4.69, 9.17) is 9.15 Å². The zero-order valence-corrected chi connectivity index (χ0v) is 20.6. The minimum atomic E-state index is -4.70. The molecule has 0 aliphatic carbocycles. The van der Waals surface area contributed by atoms with E-state index in [2.05, 4.69) is 15.0 Å². The molecule has 1 aliphatic rings. The Kier molecular flexibility index (Phi) is 6.40. The highest BCUT2D eigenvalue weighted by molar-refractivity contribution is 6.00. The Morgan fingerprint density at radius 1 is 1.11 bits per heavy atom. The normalized spacial score (nSPS) is 15.8. The fraction of sp³-hybridized carbons (Fsp3) is 0.346. The van der Waals surface area contributed by atoms with Gasteiger partial charge in [-0.25, -0.2) is 9.50 Å². The number of carbonyl (C=O) groups excluding carboxylic acids is 1.